The molecule has 0 saturated carbocycles. The zero-order chi connectivity index (χ0) is 21.2. The summed E-state index contributed by atoms with van der Waals surface area (Å²) in [6, 6.07) is 21.1. The second-order valence-electron chi connectivity index (χ2n) is 8.20. The second-order valence-corrected chi connectivity index (χ2v) is 8.20. The smallest absolute Gasteiger partial charge is 0.323 e. The Labute approximate surface area is 181 Å². The maximum Gasteiger partial charge on any atom is 0.323 e. The fraction of sp³-hybridized carbons (Fsp3) is 0.500. The highest BCUT2D eigenvalue weighted by Crippen LogP contribution is 2.35. The summed E-state index contributed by atoms with van der Waals surface area (Å²) >= 11 is 0. The molecule has 1 aliphatic heterocycles. The van der Waals surface area contributed by atoms with Crippen LogP contribution in [0, 0.1) is 5.92 Å². The van der Waals surface area contributed by atoms with Crippen LogP contribution in [0.25, 0.3) is 0 Å². The van der Waals surface area contributed by atoms with E-state index in [-0.39, 0.29) is 18.1 Å². The number of benzene rings is 2. The molecule has 1 fully saturated rings. The Kier molecular flexibility index (Phi) is 8.91. The minimum Gasteiger partial charge on any atom is -0.465 e. The molecular weight excluding hydrogens is 372 g/mol. The molecule has 3 rings (SSSR count). The van der Waals surface area contributed by atoms with Crippen molar-refractivity contribution < 1.29 is 9.53 Å². The number of carbonyl (C=O) groups excluding carboxylic acids is 1. The number of ether oxygens (including phenoxy) is 1. The van der Waals surface area contributed by atoms with Gasteiger partial charge in [0.15, 0.2) is 0 Å². The largest absolute Gasteiger partial charge is 0.465 e. The van der Waals surface area contributed by atoms with E-state index < -0.39 is 0 Å². The van der Waals surface area contributed by atoms with Gasteiger partial charge in [0.1, 0.15) is 6.04 Å². The van der Waals surface area contributed by atoms with Gasteiger partial charge in [-0.1, -0.05) is 60.7 Å². The average Bonchev–Trinajstić information content (AvgIpc) is 3.21. The lowest BCUT2D eigenvalue weighted by Crippen LogP contribution is -2.42. The number of carbonyl (C=O) groups is 1. The highest BCUT2D eigenvalue weighted by atomic mass is 16.5. The molecule has 4 nitrogen and oxygen atoms in total. The molecule has 0 amide bonds. The standard InChI is InChI=1S/C26H36N2O2/c1-3-30-26(29)25-24(15-10-18-27-19-16-22-11-6-4-7-12-22)17-20-28(25)21(2)23-13-8-5-9-14-23/h4-9,11-14,21,24-25,27H,3,10,15-20H2,1-2H3/t21-,24?,25?/m0/s1. The van der Waals surface area contributed by atoms with Gasteiger partial charge >= 0.3 is 5.97 Å². The molecule has 30 heavy (non-hydrogen) atoms. The predicted octanol–water partition coefficient (Wildman–Crippen LogP) is 4.61. The first-order chi connectivity index (χ1) is 14.7. The quantitative estimate of drug-likeness (QED) is 0.435. The summed E-state index contributed by atoms with van der Waals surface area (Å²) in [6.45, 7) is 7.47. The molecule has 4 heteroatoms. The molecule has 0 aliphatic carbocycles. The number of esters is 1. The van der Waals surface area contributed by atoms with Crippen LogP contribution in [0.4, 0.5) is 0 Å². The van der Waals surface area contributed by atoms with Crippen molar-refractivity contribution in [3.8, 4) is 0 Å². The molecule has 0 aromatic heterocycles. The van der Waals surface area contributed by atoms with Gasteiger partial charge in [-0.3, -0.25) is 9.69 Å². The molecule has 0 spiro atoms. The fourth-order valence-corrected chi connectivity index (χ4v) is 4.59. The highest BCUT2D eigenvalue weighted by Gasteiger charge is 2.42. The topological polar surface area (TPSA) is 41.6 Å². The first-order valence-corrected chi connectivity index (χ1v) is 11.4. The first-order valence-electron chi connectivity index (χ1n) is 11.4. The van der Waals surface area contributed by atoms with Crippen molar-refractivity contribution in [1.82, 2.24) is 10.2 Å². The molecule has 2 aromatic rings. The summed E-state index contributed by atoms with van der Waals surface area (Å²) in [4.78, 5) is 15.2. The van der Waals surface area contributed by atoms with Crippen LogP contribution in [0.1, 0.15) is 50.3 Å². The van der Waals surface area contributed by atoms with Crippen LogP contribution in [-0.4, -0.2) is 43.2 Å². The van der Waals surface area contributed by atoms with Gasteiger partial charge in [0.05, 0.1) is 6.61 Å². The van der Waals surface area contributed by atoms with Crippen LogP contribution in [0.2, 0.25) is 0 Å². The van der Waals surface area contributed by atoms with E-state index in [4.69, 9.17) is 4.74 Å². The molecule has 1 saturated heterocycles. The number of hydrogen-bond acceptors (Lipinski definition) is 4. The molecule has 162 valence electrons. The van der Waals surface area contributed by atoms with Crippen molar-refractivity contribution in [2.24, 2.45) is 5.92 Å². The van der Waals surface area contributed by atoms with Crippen LogP contribution in [-0.2, 0) is 16.0 Å². The summed E-state index contributed by atoms with van der Waals surface area (Å²) in [6.07, 6.45) is 4.26. The fourth-order valence-electron chi connectivity index (χ4n) is 4.59. The molecule has 0 radical (unpaired) electrons. The normalized spacial score (nSPS) is 20.2. The monoisotopic (exact) mass is 408 g/mol. The van der Waals surface area contributed by atoms with Gasteiger partial charge in [0.2, 0.25) is 0 Å². The van der Waals surface area contributed by atoms with E-state index in [0.717, 1.165) is 45.3 Å². The number of likely N-dealkylation sites (tertiary alicyclic amines) is 1. The molecule has 2 unspecified atom stereocenters. The van der Waals surface area contributed by atoms with Crippen LogP contribution in [0.5, 0.6) is 0 Å². The van der Waals surface area contributed by atoms with Crippen LogP contribution in [0.3, 0.4) is 0 Å². The van der Waals surface area contributed by atoms with Gasteiger partial charge < -0.3 is 10.1 Å². The van der Waals surface area contributed by atoms with Gasteiger partial charge in [0.25, 0.3) is 0 Å². The third-order valence-electron chi connectivity index (χ3n) is 6.23. The van der Waals surface area contributed by atoms with Crippen molar-refractivity contribution in [3.05, 3.63) is 71.8 Å². The van der Waals surface area contributed by atoms with Gasteiger partial charge in [-0.25, -0.2) is 0 Å². The minimum absolute atomic E-state index is 0.0557. The number of rotatable bonds is 11. The summed E-state index contributed by atoms with van der Waals surface area (Å²) in [5, 5.41) is 3.56. The molecule has 0 bridgehead atoms. The van der Waals surface area contributed by atoms with Crippen molar-refractivity contribution in [2.45, 2.75) is 51.6 Å². The van der Waals surface area contributed by atoms with Gasteiger partial charge in [-0.15, -0.1) is 0 Å². The minimum atomic E-state index is -0.135. The SMILES string of the molecule is CCOC(=O)C1C(CCCNCCc2ccccc2)CCN1[C@@H](C)c1ccccc1. The summed E-state index contributed by atoms with van der Waals surface area (Å²) in [5.41, 5.74) is 2.63. The number of nitrogens with one attached hydrogen (secondary N) is 1. The summed E-state index contributed by atoms with van der Waals surface area (Å²) in [5.74, 6) is 0.311. The summed E-state index contributed by atoms with van der Waals surface area (Å²) in [7, 11) is 0. The van der Waals surface area contributed by atoms with E-state index in [1.54, 1.807) is 0 Å². The lowest BCUT2D eigenvalue weighted by atomic mass is 9.94. The third kappa shape index (κ3) is 6.16. The Morgan fingerprint density at radius 1 is 1.10 bits per heavy atom. The first kappa shape index (κ1) is 22.5. The second kappa shape index (κ2) is 11.9. The van der Waals surface area contributed by atoms with Crippen molar-refractivity contribution in [3.63, 3.8) is 0 Å². The average molecular weight is 409 g/mol. The van der Waals surface area contributed by atoms with E-state index in [1.807, 2.05) is 13.0 Å². The molecular formula is C26H36N2O2. The molecule has 1 aliphatic rings. The van der Waals surface area contributed by atoms with Gasteiger partial charge in [0, 0.05) is 6.04 Å². The Morgan fingerprint density at radius 2 is 1.80 bits per heavy atom. The van der Waals surface area contributed by atoms with Crippen molar-refractivity contribution >= 4 is 5.97 Å². The maximum atomic E-state index is 12.8. The van der Waals surface area contributed by atoms with Crippen molar-refractivity contribution in [1.29, 1.82) is 0 Å². The van der Waals surface area contributed by atoms with E-state index in [9.17, 15) is 4.79 Å². The van der Waals surface area contributed by atoms with E-state index in [2.05, 4.69) is 71.7 Å². The Balaban J connectivity index is 1.50. The number of hydrogen-bond donors (Lipinski definition) is 1. The Morgan fingerprint density at radius 3 is 2.50 bits per heavy atom. The van der Waals surface area contributed by atoms with Crippen LogP contribution < -0.4 is 5.32 Å². The molecule has 1 N–H and O–H groups in total. The lowest BCUT2D eigenvalue weighted by Gasteiger charge is -2.31. The van der Waals surface area contributed by atoms with E-state index >= 15 is 0 Å². The van der Waals surface area contributed by atoms with E-state index in [0.29, 0.717) is 12.5 Å². The van der Waals surface area contributed by atoms with E-state index in [1.165, 1.54) is 11.1 Å². The highest BCUT2D eigenvalue weighted by molar-refractivity contribution is 5.76. The third-order valence-corrected chi connectivity index (χ3v) is 6.23. The Hall–Kier alpha value is -2.17. The number of nitrogens with zero attached hydrogens (tertiary/aromatic N) is 1. The zero-order valence-corrected chi connectivity index (χ0v) is 18.4. The van der Waals surface area contributed by atoms with Crippen LogP contribution in [0.15, 0.2) is 60.7 Å². The zero-order valence-electron chi connectivity index (χ0n) is 18.4. The van der Waals surface area contributed by atoms with Crippen molar-refractivity contribution in [2.75, 3.05) is 26.2 Å². The molecule has 2 aromatic carbocycles. The van der Waals surface area contributed by atoms with Crippen LogP contribution >= 0.6 is 0 Å². The van der Waals surface area contributed by atoms with Gasteiger partial charge in [-0.2, -0.15) is 0 Å². The predicted molar refractivity (Wildman–Crippen MR) is 122 cm³/mol. The summed E-state index contributed by atoms with van der Waals surface area (Å²) < 4.78 is 5.47. The maximum absolute atomic E-state index is 12.8. The Bertz CT molecular complexity index is 750. The van der Waals surface area contributed by atoms with Gasteiger partial charge in [-0.05, 0) is 76.2 Å². The lowest BCUT2D eigenvalue weighted by molar-refractivity contribution is -0.150. The molecule has 3 atom stereocenters. The molecule has 1 heterocycles.